The van der Waals surface area contributed by atoms with Crippen molar-refractivity contribution < 1.29 is 9.59 Å². The second-order valence-electron chi connectivity index (χ2n) is 5.98. The largest absolute Gasteiger partial charge is 0.340 e. The molecular weight excluding hydrogens is 300 g/mol. The number of rotatable bonds is 2. The van der Waals surface area contributed by atoms with Crippen molar-refractivity contribution in [1.29, 1.82) is 0 Å². The molecule has 3 rings (SSSR count). The van der Waals surface area contributed by atoms with Gasteiger partial charge in [-0.25, -0.2) is 9.97 Å². The van der Waals surface area contributed by atoms with Crippen LogP contribution in [0.3, 0.4) is 0 Å². The van der Waals surface area contributed by atoms with Gasteiger partial charge in [0.25, 0.3) is 11.1 Å². The molecule has 0 spiro atoms. The molecule has 1 aromatic rings. The molecule has 0 radical (unpaired) electrons. The number of aromatic nitrogens is 2. The fraction of sp³-hybridized carbons (Fsp3) is 0.467. The lowest BCUT2D eigenvalue weighted by atomic mass is 9.92. The molecule has 0 saturated carbocycles. The SMILES string of the molecule is CC1CC(C)CN(c2nccc(/C=C3/SC(=O)NC3=O)n2)C1. The van der Waals surface area contributed by atoms with Crippen LogP contribution in [0, 0.1) is 11.8 Å². The molecule has 2 fully saturated rings. The molecule has 2 aliphatic rings. The Labute approximate surface area is 133 Å². The van der Waals surface area contributed by atoms with Gasteiger partial charge in [0, 0.05) is 19.3 Å². The summed E-state index contributed by atoms with van der Waals surface area (Å²) in [6.07, 6.45) is 4.55. The molecular formula is C15H18N4O2S. The van der Waals surface area contributed by atoms with Crippen molar-refractivity contribution in [1.82, 2.24) is 15.3 Å². The van der Waals surface area contributed by atoms with Crippen LogP contribution in [0.1, 0.15) is 26.0 Å². The maximum atomic E-state index is 11.6. The Morgan fingerprint density at radius 2 is 2.05 bits per heavy atom. The van der Waals surface area contributed by atoms with Gasteiger partial charge < -0.3 is 4.90 Å². The zero-order valence-electron chi connectivity index (χ0n) is 12.6. The van der Waals surface area contributed by atoms with Crippen LogP contribution >= 0.6 is 11.8 Å². The van der Waals surface area contributed by atoms with Crippen molar-refractivity contribution in [3.8, 4) is 0 Å². The van der Waals surface area contributed by atoms with Gasteiger partial charge in [-0.05, 0) is 42.2 Å². The summed E-state index contributed by atoms with van der Waals surface area (Å²) < 4.78 is 0. The maximum absolute atomic E-state index is 11.6. The minimum absolute atomic E-state index is 0.343. The van der Waals surface area contributed by atoms with Gasteiger partial charge in [-0.3, -0.25) is 14.9 Å². The first kappa shape index (κ1) is 15.0. The highest BCUT2D eigenvalue weighted by molar-refractivity contribution is 8.18. The zero-order valence-corrected chi connectivity index (χ0v) is 13.4. The van der Waals surface area contributed by atoms with Gasteiger partial charge in [-0.1, -0.05) is 13.8 Å². The van der Waals surface area contributed by atoms with Gasteiger partial charge in [0.05, 0.1) is 10.6 Å². The maximum Gasteiger partial charge on any atom is 0.290 e. The number of anilines is 1. The van der Waals surface area contributed by atoms with Gasteiger partial charge in [0.15, 0.2) is 0 Å². The van der Waals surface area contributed by atoms with Crippen LogP contribution in [-0.4, -0.2) is 34.2 Å². The first-order valence-corrected chi connectivity index (χ1v) is 8.16. The third-order valence-corrected chi connectivity index (χ3v) is 4.55. The molecule has 1 N–H and O–H groups in total. The number of imide groups is 1. The molecule has 2 aliphatic heterocycles. The first-order valence-electron chi connectivity index (χ1n) is 7.34. The Morgan fingerprint density at radius 3 is 2.68 bits per heavy atom. The summed E-state index contributed by atoms with van der Waals surface area (Å²) in [4.78, 5) is 34.2. The number of nitrogens with one attached hydrogen (secondary N) is 1. The van der Waals surface area contributed by atoms with Crippen molar-refractivity contribution in [3.63, 3.8) is 0 Å². The van der Waals surface area contributed by atoms with E-state index in [0.717, 1.165) is 24.9 Å². The molecule has 2 atom stereocenters. The summed E-state index contributed by atoms with van der Waals surface area (Å²) in [6, 6.07) is 1.74. The minimum Gasteiger partial charge on any atom is -0.340 e. The summed E-state index contributed by atoms with van der Waals surface area (Å²) >= 11 is 0.898. The molecule has 22 heavy (non-hydrogen) atoms. The average Bonchev–Trinajstić information content (AvgIpc) is 2.76. The fourth-order valence-electron chi connectivity index (χ4n) is 2.98. The molecule has 0 aliphatic carbocycles. The van der Waals surface area contributed by atoms with E-state index in [0.29, 0.717) is 28.4 Å². The molecule has 2 unspecified atom stereocenters. The highest BCUT2D eigenvalue weighted by Gasteiger charge is 2.26. The smallest absolute Gasteiger partial charge is 0.290 e. The van der Waals surface area contributed by atoms with Gasteiger partial charge in [0.1, 0.15) is 0 Å². The van der Waals surface area contributed by atoms with Crippen LogP contribution in [0.5, 0.6) is 0 Å². The van der Waals surface area contributed by atoms with Gasteiger partial charge >= 0.3 is 0 Å². The second kappa shape index (κ2) is 6.08. The third kappa shape index (κ3) is 3.30. The van der Waals surface area contributed by atoms with Crippen LogP contribution < -0.4 is 10.2 Å². The van der Waals surface area contributed by atoms with Crippen molar-refractivity contribution in [2.75, 3.05) is 18.0 Å². The van der Waals surface area contributed by atoms with E-state index in [1.54, 1.807) is 18.3 Å². The first-order chi connectivity index (χ1) is 10.5. The van der Waals surface area contributed by atoms with E-state index in [1.165, 1.54) is 6.42 Å². The molecule has 0 aromatic carbocycles. The summed E-state index contributed by atoms with van der Waals surface area (Å²) in [5.41, 5.74) is 0.642. The Kier molecular flexibility index (Phi) is 4.15. The predicted molar refractivity (Wildman–Crippen MR) is 86.3 cm³/mol. The van der Waals surface area contributed by atoms with Crippen molar-refractivity contribution in [2.24, 2.45) is 11.8 Å². The number of nitrogens with zero attached hydrogens (tertiary/aromatic N) is 3. The molecule has 7 heteroatoms. The lowest BCUT2D eigenvalue weighted by Crippen LogP contribution is -2.39. The van der Waals surface area contributed by atoms with E-state index in [1.807, 2.05) is 0 Å². The molecule has 2 amide bonds. The third-order valence-electron chi connectivity index (χ3n) is 3.74. The van der Waals surface area contributed by atoms with Crippen LogP contribution in [0.2, 0.25) is 0 Å². The van der Waals surface area contributed by atoms with E-state index in [-0.39, 0.29) is 11.1 Å². The monoisotopic (exact) mass is 318 g/mol. The molecule has 2 saturated heterocycles. The molecule has 3 heterocycles. The highest BCUT2D eigenvalue weighted by Crippen LogP contribution is 2.26. The average molecular weight is 318 g/mol. The summed E-state index contributed by atoms with van der Waals surface area (Å²) in [5, 5.41) is 1.90. The quantitative estimate of drug-likeness (QED) is 0.843. The molecule has 1 aromatic heterocycles. The Morgan fingerprint density at radius 1 is 1.32 bits per heavy atom. The van der Waals surface area contributed by atoms with Crippen LogP contribution in [-0.2, 0) is 4.79 Å². The number of piperidine rings is 1. The van der Waals surface area contributed by atoms with E-state index >= 15 is 0 Å². The van der Waals surface area contributed by atoms with Crippen molar-refractivity contribution >= 4 is 34.9 Å². The standard InChI is InChI=1S/C15H18N4O2S/c1-9-5-10(2)8-19(7-9)14-16-4-3-11(17-14)6-12-13(20)18-15(21)22-12/h3-4,6,9-10H,5,7-8H2,1-2H3,(H,18,20,21)/b12-6+. The lowest BCUT2D eigenvalue weighted by Gasteiger charge is -2.34. The van der Waals surface area contributed by atoms with Crippen molar-refractivity contribution in [3.05, 3.63) is 22.9 Å². The topological polar surface area (TPSA) is 75.2 Å². The highest BCUT2D eigenvalue weighted by atomic mass is 32.2. The van der Waals surface area contributed by atoms with Gasteiger partial charge in [-0.2, -0.15) is 0 Å². The lowest BCUT2D eigenvalue weighted by molar-refractivity contribution is -0.115. The van der Waals surface area contributed by atoms with Crippen LogP contribution in [0.25, 0.3) is 6.08 Å². The predicted octanol–water partition coefficient (Wildman–Crippen LogP) is 2.28. The number of carbonyl (C=O) groups is 2. The van der Waals surface area contributed by atoms with E-state index in [2.05, 4.69) is 34.0 Å². The summed E-state index contributed by atoms with van der Waals surface area (Å²) in [5.74, 6) is 1.55. The summed E-state index contributed by atoms with van der Waals surface area (Å²) in [6.45, 7) is 6.36. The zero-order chi connectivity index (χ0) is 15.7. The Balaban J connectivity index is 1.82. The summed E-state index contributed by atoms with van der Waals surface area (Å²) in [7, 11) is 0. The Hall–Kier alpha value is -1.89. The number of amides is 2. The van der Waals surface area contributed by atoms with Crippen molar-refractivity contribution in [2.45, 2.75) is 20.3 Å². The van der Waals surface area contributed by atoms with Gasteiger partial charge in [-0.15, -0.1) is 0 Å². The number of hydrogen-bond donors (Lipinski definition) is 1. The van der Waals surface area contributed by atoms with Gasteiger partial charge in [0.2, 0.25) is 5.95 Å². The molecule has 0 bridgehead atoms. The fourth-order valence-corrected chi connectivity index (χ4v) is 3.64. The van der Waals surface area contributed by atoms with E-state index in [9.17, 15) is 9.59 Å². The number of hydrogen-bond acceptors (Lipinski definition) is 6. The normalized spacial score (nSPS) is 27.4. The van der Waals surface area contributed by atoms with E-state index < -0.39 is 0 Å². The van der Waals surface area contributed by atoms with Crippen LogP contribution in [0.4, 0.5) is 10.7 Å². The minimum atomic E-state index is -0.365. The molecule has 116 valence electrons. The van der Waals surface area contributed by atoms with E-state index in [4.69, 9.17) is 0 Å². The van der Waals surface area contributed by atoms with Crippen LogP contribution in [0.15, 0.2) is 17.2 Å². The molecule has 6 nitrogen and oxygen atoms in total. The number of carbonyl (C=O) groups excluding carboxylic acids is 2. The Bertz CT molecular complexity index is 636. The number of thioether (sulfide) groups is 1. The second-order valence-corrected chi connectivity index (χ2v) is 7.00.